The van der Waals surface area contributed by atoms with Gasteiger partial charge in [0.05, 0.1) is 0 Å². The van der Waals surface area contributed by atoms with Gasteiger partial charge < -0.3 is 5.73 Å². The van der Waals surface area contributed by atoms with Gasteiger partial charge in [0.25, 0.3) is 0 Å². The van der Waals surface area contributed by atoms with Crippen LogP contribution in [-0.2, 0) is 0 Å². The molecule has 16 heavy (non-hydrogen) atoms. The molecule has 82 valence electrons. The molecule has 0 fully saturated rings. The molecule has 0 spiro atoms. The Kier molecular flexibility index (Phi) is 2.95. The Morgan fingerprint density at radius 2 is 1.50 bits per heavy atom. The second-order valence-electron chi connectivity index (χ2n) is 4.36. The Morgan fingerprint density at radius 3 is 2.06 bits per heavy atom. The average molecular weight is 211 g/mol. The highest BCUT2D eigenvalue weighted by molar-refractivity contribution is 5.76. The summed E-state index contributed by atoms with van der Waals surface area (Å²) >= 11 is 0. The molecule has 0 aliphatic heterocycles. The molecule has 0 aromatic heterocycles. The first kappa shape index (κ1) is 10.7. The van der Waals surface area contributed by atoms with Crippen molar-refractivity contribution in [2.75, 3.05) is 5.73 Å². The Hall–Kier alpha value is -1.76. The first-order chi connectivity index (χ1) is 7.68. The van der Waals surface area contributed by atoms with Crippen molar-refractivity contribution in [3.05, 3.63) is 54.1 Å². The minimum atomic E-state index is 0.571. The standard InChI is InChI=1S/C15H17N/c1-11(2)12-7-9-13(10-8-12)14-5-3-4-6-15(14)16/h3-11H,16H2,1-2H3. The number of nitrogen functional groups attached to an aromatic ring is 1. The van der Waals surface area contributed by atoms with E-state index in [1.54, 1.807) is 0 Å². The molecular formula is C15H17N. The fourth-order valence-corrected chi connectivity index (χ4v) is 1.81. The molecule has 2 N–H and O–H groups in total. The molecule has 2 aromatic carbocycles. The highest BCUT2D eigenvalue weighted by Crippen LogP contribution is 2.26. The summed E-state index contributed by atoms with van der Waals surface area (Å²) < 4.78 is 0. The molecule has 0 heterocycles. The van der Waals surface area contributed by atoms with Crippen molar-refractivity contribution in [3.8, 4) is 11.1 Å². The second-order valence-corrected chi connectivity index (χ2v) is 4.36. The number of nitrogens with two attached hydrogens (primary N) is 1. The third-order valence-electron chi connectivity index (χ3n) is 2.85. The Labute approximate surface area is 96.9 Å². The number of hydrogen-bond acceptors (Lipinski definition) is 1. The van der Waals surface area contributed by atoms with E-state index in [0.717, 1.165) is 11.3 Å². The maximum atomic E-state index is 5.95. The molecule has 0 radical (unpaired) electrons. The van der Waals surface area contributed by atoms with E-state index in [4.69, 9.17) is 5.73 Å². The predicted molar refractivity (Wildman–Crippen MR) is 70.4 cm³/mol. The van der Waals surface area contributed by atoms with Gasteiger partial charge in [-0.2, -0.15) is 0 Å². The van der Waals surface area contributed by atoms with E-state index >= 15 is 0 Å². The lowest BCUT2D eigenvalue weighted by molar-refractivity contribution is 0.867. The molecule has 1 heteroatoms. The van der Waals surface area contributed by atoms with Crippen LogP contribution in [-0.4, -0.2) is 0 Å². The van der Waals surface area contributed by atoms with Crippen LogP contribution >= 0.6 is 0 Å². The first-order valence-corrected chi connectivity index (χ1v) is 5.63. The topological polar surface area (TPSA) is 26.0 Å². The molecule has 2 rings (SSSR count). The number of rotatable bonds is 2. The van der Waals surface area contributed by atoms with E-state index in [9.17, 15) is 0 Å². The van der Waals surface area contributed by atoms with E-state index in [0.29, 0.717) is 5.92 Å². The van der Waals surface area contributed by atoms with E-state index in [2.05, 4.69) is 44.2 Å². The van der Waals surface area contributed by atoms with Crippen LogP contribution in [0.1, 0.15) is 25.3 Å². The van der Waals surface area contributed by atoms with Gasteiger partial charge in [-0.3, -0.25) is 0 Å². The van der Waals surface area contributed by atoms with E-state index in [-0.39, 0.29) is 0 Å². The predicted octanol–water partition coefficient (Wildman–Crippen LogP) is 4.06. The quantitative estimate of drug-likeness (QED) is 0.745. The fraction of sp³-hybridized carbons (Fsp3) is 0.200. The Balaban J connectivity index is 2.39. The number of benzene rings is 2. The maximum Gasteiger partial charge on any atom is 0.0393 e. The normalized spacial score (nSPS) is 10.7. The third kappa shape index (κ3) is 2.08. The van der Waals surface area contributed by atoms with Gasteiger partial charge in [-0.1, -0.05) is 56.3 Å². The summed E-state index contributed by atoms with van der Waals surface area (Å²) in [5.41, 5.74) is 10.4. The first-order valence-electron chi connectivity index (χ1n) is 5.63. The smallest absolute Gasteiger partial charge is 0.0393 e. The van der Waals surface area contributed by atoms with Crippen LogP contribution in [0.25, 0.3) is 11.1 Å². The molecule has 0 amide bonds. The molecule has 0 saturated carbocycles. The van der Waals surface area contributed by atoms with Gasteiger partial charge in [0, 0.05) is 11.3 Å². The van der Waals surface area contributed by atoms with Crippen molar-refractivity contribution in [2.24, 2.45) is 0 Å². The molecule has 2 aromatic rings. The molecule has 0 bridgehead atoms. The molecule has 1 nitrogen and oxygen atoms in total. The summed E-state index contributed by atoms with van der Waals surface area (Å²) in [6.45, 7) is 4.40. The zero-order valence-electron chi connectivity index (χ0n) is 9.77. The lowest BCUT2D eigenvalue weighted by Crippen LogP contribution is -1.90. The van der Waals surface area contributed by atoms with Crippen LogP contribution in [0.2, 0.25) is 0 Å². The average Bonchev–Trinajstić information content (AvgIpc) is 2.30. The molecular weight excluding hydrogens is 194 g/mol. The van der Waals surface area contributed by atoms with Crippen molar-refractivity contribution >= 4 is 5.69 Å². The van der Waals surface area contributed by atoms with E-state index in [1.807, 2.05) is 18.2 Å². The minimum absolute atomic E-state index is 0.571. The SMILES string of the molecule is CC(C)c1ccc(-c2ccccc2N)cc1. The van der Waals surface area contributed by atoms with Gasteiger partial charge in [-0.15, -0.1) is 0 Å². The van der Waals surface area contributed by atoms with Crippen molar-refractivity contribution in [1.82, 2.24) is 0 Å². The zero-order chi connectivity index (χ0) is 11.5. The molecule has 0 aliphatic rings. The Morgan fingerprint density at radius 1 is 0.875 bits per heavy atom. The summed E-state index contributed by atoms with van der Waals surface area (Å²) in [5.74, 6) is 0.571. The van der Waals surface area contributed by atoms with Crippen LogP contribution in [0.4, 0.5) is 5.69 Å². The van der Waals surface area contributed by atoms with Crippen molar-refractivity contribution in [2.45, 2.75) is 19.8 Å². The van der Waals surface area contributed by atoms with Gasteiger partial charge >= 0.3 is 0 Å². The summed E-state index contributed by atoms with van der Waals surface area (Å²) in [6.07, 6.45) is 0. The largest absolute Gasteiger partial charge is 0.398 e. The van der Waals surface area contributed by atoms with Gasteiger partial charge in [0.15, 0.2) is 0 Å². The monoisotopic (exact) mass is 211 g/mol. The van der Waals surface area contributed by atoms with Crippen LogP contribution in [0.5, 0.6) is 0 Å². The molecule has 0 saturated heterocycles. The number of para-hydroxylation sites is 1. The van der Waals surface area contributed by atoms with Crippen LogP contribution < -0.4 is 5.73 Å². The zero-order valence-corrected chi connectivity index (χ0v) is 9.77. The highest BCUT2D eigenvalue weighted by Gasteiger charge is 2.02. The second kappa shape index (κ2) is 4.40. The number of anilines is 1. The lowest BCUT2D eigenvalue weighted by atomic mass is 9.98. The summed E-state index contributed by atoms with van der Waals surface area (Å²) in [6, 6.07) is 16.6. The summed E-state index contributed by atoms with van der Waals surface area (Å²) in [4.78, 5) is 0. The van der Waals surface area contributed by atoms with Crippen LogP contribution in [0, 0.1) is 0 Å². The minimum Gasteiger partial charge on any atom is -0.398 e. The van der Waals surface area contributed by atoms with Crippen molar-refractivity contribution < 1.29 is 0 Å². The van der Waals surface area contributed by atoms with E-state index < -0.39 is 0 Å². The maximum absolute atomic E-state index is 5.95. The van der Waals surface area contributed by atoms with Crippen molar-refractivity contribution in [3.63, 3.8) is 0 Å². The number of hydrogen-bond donors (Lipinski definition) is 1. The Bertz CT molecular complexity index is 469. The third-order valence-corrected chi connectivity index (χ3v) is 2.85. The van der Waals surface area contributed by atoms with E-state index in [1.165, 1.54) is 11.1 Å². The fourth-order valence-electron chi connectivity index (χ4n) is 1.81. The van der Waals surface area contributed by atoms with Crippen molar-refractivity contribution in [1.29, 1.82) is 0 Å². The van der Waals surface area contributed by atoms with Crippen LogP contribution in [0.15, 0.2) is 48.5 Å². The molecule has 0 aliphatic carbocycles. The molecule has 0 atom stereocenters. The van der Waals surface area contributed by atoms with Gasteiger partial charge in [-0.05, 0) is 23.1 Å². The van der Waals surface area contributed by atoms with Gasteiger partial charge in [-0.25, -0.2) is 0 Å². The highest BCUT2D eigenvalue weighted by atomic mass is 14.6. The summed E-state index contributed by atoms with van der Waals surface area (Å²) in [5, 5.41) is 0. The van der Waals surface area contributed by atoms with Gasteiger partial charge in [0.2, 0.25) is 0 Å². The summed E-state index contributed by atoms with van der Waals surface area (Å²) in [7, 11) is 0. The molecule has 0 unspecified atom stereocenters. The van der Waals surface area contributed by atoms with Gasteiger partial charge in [0.1, 0.15) is 0 Å². The lowest BCUT2D eigenvalue weighted by Gasteiger charge is -2.08. The van der Waals surface area contributed by atoms with Crippen LogP contribution in [0.3, 0.4) is 0 Å².